The normalized spacial score (nSPS) is 16.2. The molecular formula is C22H33FN4O3. The lowest BCUT2D eigenvalue weighted by Gasteiger charge is -2.37. The van der Waals surface area contributed by atoms with E-state index in [9.17, 15) is 18.8 Å². The van der Waals surface area contributed by atoms with Crippen molar-refractivity contribution in [3.63, 3.8) is 0 Å². The number of carbonyl (C=O) groups is 3. The highest BCUT2D eigenvalue weighted by molar-refractivity contribution is 5.97. The molecule has 8 heteroatoms. The van der Waals surface area contributed by atoms with Crippen LogP contribution in [-0.2, 0) is 4.79 Å². The minimum absolute atomic E-state index is 0.0691. The number of nitrogens with one attached hydrogen (secondary N) is 3. The number of piperidine rings is 1. The Morgan fingerprint density at radius 3 is 2.10 bits per heavy atom. The lowest BCUT2D eigenvalue weighted by molar-refractivity contribution is -0.125. The van der Waals surface area contributed by atoms with Crippen LogP contribution in [0.5, 0.6) is 0 Å². The molecule has 4 amide bonds. The van der Waals surface area contributed by atoms with E-state index in [1.54, 1.807) is 4.90 Å². The molecule has 1 fully saturated rings. The number of carbonyl (C=O) groups excluding carboxylic acids is 3. The molecule has 1 aromatic carbocycles. The number of nitrogens with zero attached hydrogens (tertiary/aromatic N) is 1. The van der Waals surface area contributed by atoms with E-state index in [0.29, 0.717) is 31.5 Å². The van der Waals surface area contributed by atoms with Gasteiger partial charge in [0, 0.05) is 30.2 Å². The third-order valence-corrected chi connectivity index (χ3v) is 4.89. The zero-order valence-electron chi connectivity index (χ0n) is 18.4. The van der Waals surface area contributed by atoms with Gasteiger partial charge < -0.3 is 20.9 Å². The molecular weight excluding hydrogens is 387 g/mol. The Labute approximate surface area is 177 Å². The Morgan fingerprint density at radius 2 is 1.60 bits per heavy atom. The number of rotatable bonds is 5. The Balaban J connectivity index is 2.06. The van der Waals surface area contributed by atoms with E-state index in [1.165, 1.54) is 24.3 Å². The van der Waals surface area contributed by atoms with Crippen LogP contribution in [-0.4, -0.2) is 53.5 Å². The molecule has 0 saturated carbocycles. The molecule has 1 aromatic rings. The predicted molar refractivity (Wildman–Crippen MR) is 114 cm³/mol. The van der Waals surface area contributed by atoms with E-state index in [2.05, 4.69) is 16.0 Å². The number of amides is 4. The summed E-state index contributed by atoms with van der Waals surface area (Å²) in [6, 6.07) is 4.29. The average molecular weight is 421 g/mol. The predicted octanol–water partition coefficient (Wildman–Crippen LogP) is 2.67. The van der Waals surface area contributed by atoms with E-state index in [1.807, 2.05) is 34.6 Å². The summed E-state index contributed by atoms with van der Waals surface area (Å²) in [5.41, 5.74) is -0.0303. The fourth-order valence-electron chi connectivity index (χ4n) is 3.43. The monoisotopic (exact) mass is 420 g/mol. The lowest BCUT2D eigenvalue weighted by atomic mass is 9.88. The maximum Gasteiger partial charge on any atom is 0.317 e. The molecule has 0 aromatic heterocycles. The largest absolute Gasteiger partial charge is 0.352 e. The number of hydrogen-bond donors (Lipinski definition) is 3. The summed E-state index contributed by atoms with van der Waals surface area (Å²) in [6.07, 6.45) is 1.19. The molecule has 0 spiro atoms. The summed E-state index contributed by atoms with van der Waals surface area (Å²) >= 11 is 0. The van der Waals surface area contributed by atoms with Crippen LogP contribution in [0.1, 0.15) is 57.8 Å². The summed E-state index contributed by atoms with van der Waals surface area (Å²) in [4.78, 5) is 39.6. The van der Waals surface area contributed by atoms with Crippen LogP contribution in [0.15, 0.2) is 24.3 Å². The number of urea groups is 1. The first-order chi connectivity index (χ1) is 14.0. The van der Waals surface area contributed by atoms with Gasteiger partial charge in [-0.1, -0.05) is 0 Å². The van der Waals surface area contributed by atoms with E-state index in [4.69, 9.17) is 0 Å². The van der Waals surface area contributed by atoms with E-state index >= 15 is 0 Å². The molecule has 30 heavy (non-hydrogen) atoms. The van der Waals surface area contributed by atoms with Crippen LogP contribution in [0.25, 0.3) is 0 Å². The highest BCUT2D eigenvalue weighted by Gasteiger charge is 2.34. The van der Waals surface area contributed by atoms with Gasteiger partial charge in [0.1, 0.15) is 11.9 Å². The number of likely N-dealkylation sites (tertiary alicyclic amines) is 1. The van der Waals surface area contributed by atoms with Crippen LogP contribution < -0.4 is 16.0 Å². The summed E-state index contributed by atoms with van der Waals surface area (Å²) < 4.78 is 13.1. The van der Waals surface area contributed by atoms with Crippen molar-refractivity contribution in [3.05, 3.63) is 35.6 Å². The molecule has 7 nitrogen and oxygen atoms in total. The van der Waals surface area contributed by atoms with Gasteiger partial charge in [0.15, 0.2) is 0 Å². The van der Waals surface area contributed by atoms with Crippen LogP contribution in [0.2, 0.25) is 0 Å². The standard InChI is InChI=1S/C22H33FN4O3/c1-14(2)24-20(29)18(25-19(28)16-6-8-17(23)9-7-16)15-10-12-27(13-11-15)21(30)26-22(3,4)5/h6-9,14-15,18H,10-13H2,1-5H3,(H,24,29)(H,25,28)(H,26,30)/t18-/m0/s1. The van der Waals surface area contributed by atoms with Crippen LogP contribution in [0.3, 0.4) is 0 Å². The first-order valence-corrected chi connectivity index (χ1v) is 10.4. The maximum atomic E-state index is 13.1. The zero-order valence-corrected chi connectivity index (χ0v) is 18.4. The first kappa shape index (κ1) is 23.6. The molecule has 1 atom stereocenters. The molecule has 166 valence electrons. The smallest absolute Gasteiger partial charge is 0.317 e. The first-order valence-electron chi connectivity index (χ1n) is 10.4. The van der Waals surface area contributed by atoms with Crippen molar-refractivity contribution >= 4 is 17.8 Å². The second-order valence-electron chi connectivity index (χ2n) is 9.13. The van der Waals surface area contributed by atoms with Crippen molar-refractivity contribution in [1.82, 2.24) is 20.9 Å². The fourth-order valence-corrected chi connectivity index (χ4v) is 3.43. The topological polar surface area (TPSA) is 90.5 Å². The van der Waals surface area contributed by atoms with Gasteiger partial charge in [-0.15, -0.1) is 0 Å². The van der Waals surface area contributed by atoms with Gasteiger partial charge in [-0.3, -0.25) is 9.59 Å². The van der Waals surface area contributed by atoms with Gasteiger partial charge in [-0.05, 0) is 77.6 Å². The van der Waals surface area contributed by atoms with Crippen molar-refractivity contribution < 1.29 is 18.8 Å². The van der Waals surface area contributed by atoms with E-state index in [0.717, 1.165) is 0 Å². The highest BCUT2D eigenvalue weighted by Crippen LogP contribution is 2.22. The number of benzene rings is 1. The van der Waals surface area contributed by atoms with Crippen LogP contribution in [0.4, 0.5) is 9.18 Å². The second-order valence-corrected chi connectivity index (χ2v) is 9.13. The molecule has 0 aliphatic carbocycles. The van der Waals surface area contributed by atoms with E-state index in [-0.39, 0.29) is 29.4 Å². The van der Waals surface area contributed by atoms with Gasteiger partial charge in [0.2, 0.25) is 5.91 Å². The SMILES string of the molecule is CC(C)NC(=O)[C@@H](NC(=O)c1ccc(F)cc1)C1CCN(C(=O)NC(C)(C)C)CC1. The molecule has 1 aliphatic heterocycles. The Morgan fingerprint density at radius 1 is 1.03 bits per heavy atom. The Bertz CT molecular complexity index is 751. The lowest BCUT2D eigenvalue weighted by Crippen LogP contribution is -2.56. The van der Waals surface area contributed by atoms with Gasteiger partial charge >= 0.3 is 6.03 Å². The molecule has 2 rings (SSSR count). The van der Waals surface area contributed by atoms with Gasteiger partial charge in [-0.25, -0.2) is 9.18 Å². The molecule has 0 unspecified atom stereocenters. The molecule has 1 aliphatic rings. The third kappa shape index (κ3) is 7.00. The van der Waals surface area contributed by atoms with Crippen molar-refractivity contribution in [3.8, 4) is 0 Å². The Kier molecular flexibility index (Phi) is 7.81. The fraction of sp³-hybridized carbons (Fsp3) is 0.591. The highest BCUT2D eigenvalue weighted by atomic mass is 19.1. The minimum Gasteiger partial charge on any atom is -0.352 e. The molecule has 3 N–H and O–H groups in total. The van der Waals surface area contributed by atoms with Crippen molar-refractivity contribution in [2.24, 2.45) is 5.92 Å². The molecule has 1 heterocycles. The summed E-state index contributed by atoms with van der Waals surface area (Å²) in [5, 5.41) is 8.63. The average Bonchev–Trinajstić information content (AvgIpc) is 2.64. The van der Waals surface area contributed by atoms with Gasteiger partial charge in [-0.2, -0.15) is 0 Å². The quantitative estimate of drug-likeness (QED) is 0.684. The number of hydrogen-bond acceptors (Lipinski definition) is 3. The van der Waals surface area contributed by atoms with Gasteiger partial charge in [0.05, 0.1) is 0 Å². The summed E-state index contributed by atoms with van der Waals surface area (Å²) in [6.45, 7) is 10.5. The molecule has 0 radical (unpaired) electrons. The molecule has 1 saturated heterocycles. The second kappa shape index (κ2) is 9.91. The summed E-state index contributed by atoms with van der Waals surface area (Å²) in [5.74, 6) is -1.21. The minimum atomic E-state index is -0.724. The van der Waals surface area contributed by atoms with Crippen LogP contribution >= 0.6 is 0 Å². The number of halogens is 1. The van der Waals surface area contributed by atoms with Gasteiger partial charge in [0.25, 0.3) is 5.91 Å². The zero-order chi connectivity index (χ0) is 22.5. The maximum absolute atomic E-state index is 13.1. The molecule has 0 bridgehead atoms. The van der Waals surface area contributed by atoms with Crippen LogP contribution in [0, 0.1) is 11.7 Å². The van der Waals surface area contributed by atoms with Crippen molar-refractivity contribution in [2.75, 3.05) is 13.1 Å². The third-order valence-electron chi connectivity index (χ3n) is 4.89. The summed E-state index contributed by atoms with van der Waals surface area (Å²) in [7, 11) is 0. The Hall–Kier alpha value is -2.64. The van der Waals surface area contributed by atoms with Crippen molar-refractivity contribution in [2.45, 2.75) is 65.1 Å². The van der Waals surface area contributed by atoms with E-state index < -0.39 is 17.8 Å². The van der Waals surface area contributed by atoms with Crippen molar-refractivity contribution in [1.29, 1.82) is 0 Å².